The molecule has 1 spiro atoms. The van der Waals surface area contributed by atoms with Gasteiger partial charge in [-0.1, -0.05) is 29.3 Å². The summed E-state index contributed by atoms with van der Waals surface area (Å²) in [4.78, 5) is 20.0. The number of aryl methyl sites for hydroxylation is 1. The van der Waals surface area contributed by atoms with Gasteiger partial charge in [0.15, 0.2) is 0 Å². The zero-order chi connectivity index (χ0) is 31.2. The average Bonchev–Trinajstić information content (AvgIpc) is 3.60. The van der Waals surface area contributed by atoms with Crippen LogP contribution in [0.15, 0.2) is 24.3 Å². The van der Waals surface area contributed by atoms with E-state index < -0.39 is 30.7 Å². The minimum atomic E-state index is -4.37. The molecule has 5 rings (SSSR count). The monoisotopic (exact) mass is 642 g/mol. The van der Waals surface area contributed by atoms with Crippen LogP contribution in [-0.2, 0) is 13.6 Å². The van der Waals surface area contributed by atoms with Gasteiger partial charge >= 0.3 is 6.18 Å². The van der Waals surface area contributed by atoms with Crippen LogP contribution in [0.4, 0.5) is 34.9 Å². The quantitative estimate of drug-likeness (QED) is 0.199. The molecule has 0 unspecified atom stereocenters. The van der Waals surface area contributed by atoms with E-state index in [1.54, 1.807) is 18.2 Å². The molecule has 234 valence electrons. The van der Waals surface area contributed by atoms with Crippen LogP contribution in [0, 0.1) is 5.41 Å². The second-order valence-corrected chi connectivity index (χ2v) is 13.1. The molecule has 1 aromatic heterocycles. The van der Waals surface area contributed by atoms with Crippen molar-refractivity contribution in [3.8, 4) is 0 Å². The maximum Gasteiger partial charge on any atom is 0.390 e. The van der Waals surface area contributed by atoms with E-state index in [0.717, 1.165) is 37.0 Å². The van der Waals surface area contributed by atoms with E-state index in [9.17, 15) is 22.4 Å². The highest BCUT2D eigenvalue weighted by molar-refractivity contribution is 6.39. The fourth-order valence-electron chi connectivity index (χ4n) is 5.55. The van der Waals surface area contributed by atoms with Gasteiger partial charge in [0.05, 0.1) is 44.4 Å². The number of nitrogens with one attached hydrogen (secondary N) is 3. The molecule has 2 aromatic carbocycles. The molecule has 3 N–H and O–H groups in total. The van der Waals surface area contributed by atoms with E-state index in [0.29, 0.717) is 44.8 Å². The SMILES string of the molecule is Cn1c(Nc2c(Cl)ccc(CNCC(C)(C)F)c2Cl)nc2cc(C(=O)NCCC(F)(F)F)c(N3CCC4(CC3)CC4)cc21. The van der Waals surface area contributed by atoms with Gasteiger partial charge in [-0.3, -0.25) is 4.79 Å². The van der Waals surface area contributed by atoms with Crippen molar-refractivity contribution >= 4 is 57.5 Å². The summed E-state index contributed by atoms with van der Waals surface area (Å²) in [5.74, 6) is -0.166. The largest absolute Gasteiger partial charge is 0.390 e. The topological polar surface area (TPSA) is 74.2 Å². The third kappa shape index (κ3) is 7.49. The summed E-state index contributed by atoms with van der Waals surface area (Å²) in [5.41, 5.74) is 2.34. The van der Waals surface area contributed by atoms with E-state index in [1.165, 1.54) is 26.7 Å². The van der Waals surface area contributed by atoms with Crippen molar-refractivity contribution in [1.82, 2.24) is 20.2 Å². The Bertz CT molecular complexity index is 1500. The summed E-state index contributed by atoms with van der Waals surface area (Å²) >= 11 is 13.2. The number of imidazole rings is 1. The molecular formula is C30H36Cl2F4N6O. The lowest BCUT2D eigenvalue weighted by molar-refractivity contribution is -0.133. The first kappa shape index (κ1) is 31.7. The van der Waals surface area contributed by atoms with Gasteiger partial charge in [0.2, 0.25) is 5.95 Å². The Morgan fingerprint density at radius 3 is 2.40 bits per heavy atom. The zero-order valence-electron chi connectivity index (χ0n) is 24.4. The number of carbonyl (C=O) groups excluding carboxylic acids is 1. The molecule has 0 bridgehead atoms. The molecule has 1 amide bonds. The molecule has 1 saturated heterocycles. The number of halogens is 6. The van der Waals surface area contributed by atoms with Gasteiger partial charge in [-0.2, -0.15) is 13.2 Å². The van der Waals surface area contributed by atoms with Crippen molar-refractivity contribution < 1.29 is 22.4 Å². The minimum absolute atomic E-state index is 0.145. The van der Waals surface area contributed by atoms with Crippen LogP contribution in [0.5, 0.6) is 0 Å². The number of piperidine rings is 1. The van der Waals surface area contributed by atoms with Crippen molar-refractivity contribution in [1.29, 1.82) is 0 Å². The van der Waals surface area contributed by atoms with Crippen LogP contribution < -0.4 is 20.9 Å². The second kappa shape index (κ2) is 12.0. The molecule has 1 aliphatic carbocycles. The number of benzene rings is 2. The molecule has 1 saturated carbocycles. The number of alkyl halides is 4. The Kier molecular flexibility index (Phi) is 8.81. The van der Waals surface area contributed by atoms with Gasteiger partial charge in [-0.05, 0) is 68.7 Å². The first-order chi connectivity index (χ1) is 20.1. The van der Waals surface area contributed by atoms with Gasteiger partial charge in [0.25, 0.3) is 5.91 Å². The first-order valence-electron chi connectivity index (χ1n) is 14.4. The third-order valence-electron chi connectivity index (χ3n) is 8.33. The summed E-state index contributed by atoms with van der Waals surface area (Å²) in [6.07, 6.45) is -1.00. The smallest absolute Gasteiger partial charge is 0.371 e. The standard InChI is InChI=1S/C30H36Cl2F4N6O/c1-28(2,33)17-37-16-18-4-5-20(31)25(24(18)32)40-27-39-21-14-19(26(43)38-11-8-30(34,35)36)22(15-23(21)41(27)3)42-12-9-29(6-7-29)10-13-42/h4-5,14-15,37H,6-13,16-17H2,1-3H3,(H,38,43)(H,39,40). The lowest BCUT2D eigenvalue weighted by Crippen LogP contribution is -2.36. The molecule has 13 heteroatoms. The van der Waals surface area contributed by atoms with Crippen LogP contribution in [0.2, 0.25) is 10.0 Å². The van der Waals surface area contributed by atoms with Gasteiger partial charge in [-0.15, -0.1) is 0 Å². The molecule has 1 aliphatic heterocycles. The number of fused-ring (bicyclic) bond motifs is 1. The van der Waals surface area contributed by atoms with E-state index in [2.05, 4.69) is 25.8 Å². The molecular weight excluding hydrogens is 607 g/mol. The number of aromatic nitrogens is 2. The van der Waals surface area contributed by atoms with Gasteiger partial charge in [0, 0.05) is 39.8 Å². The molecule has 2 aliphatic rings. The Morgan fingerprint density at radius 1 is 1.07 bits per heavy atom. The van der Waals surface area contributed by atoms with Crippen molar-refractivity contribution in [3.63, 3.8) is 0 Å². The van der Waals surface area contributed by atoms with Crippen molar-refractivity contribution in [2.24, 2.45) is 12.5 Å². The highest BCUT2D eigenvalue weighted by atomic mass is 35.5. The highest BCUT2D eigenvalue weighted by Gasteiger charge is 2.44. The van der Waals surface area contributed by atoms with E-state index in [1.807, 2.05) is 17.7 Å². The Hall–Kier alpha value is -2.76. The summed E-state index contributed by atoms with van der Waals surface area (Å²) < 4.78 is 54.0. The molecule has 3 aromatic rings. The molecule has 2 fully saturated rings. The zero-order valence-corrected chi connectivity index (χ0v) is 25.9. The summed E-state index contributed by atoms with van der Waals surface area (Å²) in [6, 6.07) is 6.96. The van der Waals surface area contributed by atoms with Crippen LogP contribution in [0.1, 0.15) is 61.9 Å². The van der Waals surface area contributed by atoms with E-state index >= 15 is 0 Å². The summed E-state index contributed by atoms with van der Waals surface area (Å²) in [5, 5.41) is 9.42. The molecule has 43 heavy (non-hydrogen) atoms. The van der Waals surface area contributed by atoms with Crippen LogP contribution >= 0.6 is 23.2 Å². The molecule has 0 radical (unpaired) electrons. The van der Waals surface area contributed by atoms with Gasteiger partial charge in [-0.25, -0.2) is 9.37 Å². The highest BCUT2D eigenvalue weighted by Crippen LogP contribution is 2.54. The fraction of sp³-hybridized carbons (Fsp3) is 0.533. The van der Waals surface area contributed by atoms with Crippen molar-refractivity contribution in [3.05, 3.63) is 45.4 Å². The lowest BCUT2D eigenvalue weighted by atomic mass is 9.93. The normalized spacial score (nSPS) is 16.6. The van der Waals surface area contributed by atoms with Crippen LogP contribution in [0.25, 0.3) is 11.0 Å². The number of amides is 1. The van der Waals surface area contributed by atoms with Gasteiger partial charge < -0.3 is 25.4 Å². The maximum absolute atomic E-state index is 13.9. The molecule has 2 heterocycles. The Balaban J connectivity index is 1.45. The average molecular weight is 644 g/mol. The number of hydrogen-bond donors (Lipinski definition) is 3. The number of rotatable bonds is 10. The van der Waals surface area contributed by atoms with E-state index in [4.69, 9.17) is 23.2 Å². The van der Waals surface area contributed by atoms with E-state index in [-0.39, 0.29) is 12.1 Å². The number of anilines is 3. The number of nitrogens with zero attached hydrogens (tertiary/aromatic N) is 3. The number of hydrogen-bond acceptors (Lipinski definition) is 5. The molecule has 7 nitrogen and oxygen atoms in total. The van der Waals surface area contributed by atoms with Crippen LogP contribution in [0.3, 0.4) is 0 Å². The number of carbonyl (C=O) groups is 1. The molecule has 0 atom stereocenters. The summed E-state index contributed by atoms with van der Waals surface area (Å²) in [7, 11) is 1.82. The summed E-state index contributed by atoms with van der Waals surface area (Å²) in [6.45, 7) is 4.47. The Labute approximate surface area is 258 Å². The predicted molar refractivity (Wildman–Crippen MR) is 163 cm³/mol. The predicted octanol–water partition coefficient (Wildman–Crippen LogP) is 7.52. The minimum Gasteiger partial charge on any atom is -0.371 e. The van der Waals surface area contributed by atoms with Gasteiger partial charge in [0.1, 0.15) is 5.67 Å². The lowest BCUT2D eigenvalue weighted by Gasteiger charge is -2.35. The first-order valence-corrected chi connectivity index (χ1v) is 15.1. The third-order valence-corrected chi connectivity index (χ3v) is 9.07. The fourth-order valence-corrected chi connectivity index (χ4v) is 6.08. The Morgan fingerprint density at radius 2 is 1.77 bits per heavy atom. The van der Waals surface area contributed by atoms with Crippen molar-refractivity contribution in [2.75, 3.05) is 36.4 Å². The second-order valence-electron chi connectivity index (χ2n) is 12.3. The van der Waals surface area contributed by atoms with Crippen molar-refractivity contribution in [2.45, 2.75) is 64.3 Å². The van der Waals surface area contributed by atoms with Crippen LogP contribution in [-0.4, -0.2) is 53.5 Å². The maximum atomic E-state index is 13.9.